The molecule has 0 aliphatic heterocycles. The molecule has 6 nitrogen and oxygen atoms in total. The molecule has 2 aromatic rings. The molecule has 0 spiro atoms. The van der Waals surface area contributed by atoms with Gasteiger partial charge in [-0.1, -0.05) is 6.07 Å². The van der Waals surface area contributed by atoms with E-state index >= 15 is 0 Å². The van der Waals surface area contributed by atoms with Crippen LogP contribution in [0.1, 0.15) is 10.4 Å². The van der Waals surface area contributed by atoms with Crippen LogP contribution < -0.4 is 4.74 Å². The average molecular weight is 339 g/mol. The summed E-state index contributed by atoms with van der Waals surface area (Å²) in [6, 6.07) is 6.15. The highest BCUT2D eigenvalue weighted by Gasteiger charge is 2.19. The first-order chi connectivity index (χ1) is 9.49. The monoisotopic (exact) mass is 338 g/mol. The van der Waals surface area contributed by atoms with Crippen molar-refractivity contribution in [1.29, 1.82) is 0 Å². The molecule has 1 aromatic carbocycles. The summed E-state index contributed by atoms with van der Waals surface area (Å²) in [5, 5.41) is 10.9. The van der Waals surface area contributed by atoms with Crippen LogP contribution in [0.5, 0.6) is 5.75 Å². The summed E-state index contributed by atoms with van der Waals surface area (Å²) < 4.78 is 7.49. The molecular weight excluding hydrogens is 328 g/mol. The van der Waals surface area contributed by atoms with Gasteiger partial charge in [-0.2, -0.15) is 0 Å². The van der Waals surface area contributed by atoms with Gasteiger partial charge in [-0.05, 0) is 28.1 Å². The number of hydrogen-bond acceptors (Lipinski definition) is 4. The van der Waals surface area contributed by atoms with Crippen LogP contribution in [-0.2, 0) is 7.05 Å². The van der Waals surface area contributed by atoms with E-state index < -0.39 is 4.92 Å². The van der Waals surface area contributed by atoms with Crippen LogP contribution in [0.3, 0.4) is 0 Å². The van der Waals surface area contributed by atoms with Crippen molar-refractivity contribution in [3.8, 4) is 5.75 Å². The number of carbonyl (C=O) groups is 1. The third-order valence-corrected chi connectivity index (χ3v) is 3.27. The summed E-state index contributed by atoms with van der Waals surface area (Å²) in [4.78, 5) is 22.3. The Morgan fingerprint density at radius 3 is 2.80 bits per heavy atom. The van der Waals surface area contributed by atoms with Crippen molar-refractivity contribution >= 4 is 27.4 Å². The Morgan fingerprint density at radius 2 is 2.20 bits per heavy atom. The van der Waals surface area contributed by atoms with E-state index in [0.29, 0.717) is 10.0 Å². The Balaban J connectivity index is 2.15. The first-order valence-corrected chi connectivity index (χ1v) is 6.49. The van der Waals surface area contributed by atoms with Crippen molar-refractivity contribution < 1.29 is 14.5 Å². The molecule has 20 heavy (non-hydrogen) atoms. The van der Waals surface area contributed by atoms with Crippen molar-refractivity contribution in [2.75, 3.05) is 6.61 Å². The van der Waals surface area contributed by atoms with Gasteiger partial charge in [-0.25, -0.2) is 0 Å². The van der Waals surface area contributed by atoms with Crippen LogP contribution >= 0.6 is 15.9 Å². The second-order valence-electron chi connectivity index (χ2n) is 4.12. The maximum atomic E-state index is 11.9. The Morgan fingerprint density at radius 1 is 1.45 bits per heavy atom. The Bertz CT molecular complexity index is 666. The molecule has 0 saturated carbocycles. The van der Waals surface area contributed by atoms with E-state index in [9.17, 15) is 14.9 Å². The number of aryl methyl sites for hydroxylation is 1. The predicted octanol–water partition coefficient (Wildman–Crippen LogP) is 2.96. The summed E-state index contributed by atoms with van der Waals surface area (Å²) in [5.74, 6) is -0.183. The van der Waals surface area contributed by atoms with Crippen LogP contribution in [0, 0.1) is 10.1 Å². The highest BCUT2D eigenvalue weighted by molar-refractivity contribution is 9.10. The van der Waals surface area contributed by atoms with Crippen molar-refractivity contribution in [3.05, 3.63) is 56.8 Å². The normalized spacial score (nSPS) is 10.3. The van der Waals surface area contributed by atoms with E-state index in [0.717, 1.165) is 0 Å². The van der Waals surface area contributed by atoms with Crippen LogP contribution in [0.2, 0.25) is 0 Å². The molecule has 0 amide bonds. The summed E-state index contributed by atoms with van der Waals surface area (Å²) in [7, 11) is 1.80. The summed E-state index contributed by atoms with van der Waals surface area (Å²) >= 11 is 3.18. The third kappa shape index (κ3) is 3.05. The molecule has 104 valence electrons. The van der Waals surface area contributed by atoms with Gasteiger partial charge < -0.3 is 9.30 Å². The lowest BCUT2D eigenvalue weighted by Crippen LogP contribution is -2.12. The number of ketones is 1. The molecule has 0 atom stereocenters. The molecule has 0 aliphatic rings. The second kappa shape index (κ2) is 5.87. The van der Waals surface area contributed by atoms with Crippen molar-refractivity contribution in [2.24, 2.45) is 7.05 Å². The van der Waals surface area contributed by atoms with Gasteiger partial charge in [0, 0.05) is 31.1 Å². The van der Waals surface area contributed by atoms with Crippen molar-refractivity contribution in [3.63, 3.8) is 0 Å². The number of ether oxygens (including phenoxy) is 1. The van der Waals surface area contributed by atoms with Crippen molar-refractivity contribution in [2.45, 2.75) is 0 Å². The number of halogens is 1. The molecule has 0 aliphatic carbocycles. The van der Waals surface area contributed by atoms with E-state index in [1.54, 1.807) is 36.1 Å². The van der Waals surface area contributed by atoms with E-state index in [2.05, 4.69) is 15.9 Å². The summed E-state index contributed by atoms with van der Waals surface area (Å²) in [5.41, 5.74) is 0.322. The quantitative estimate of drug-likeness (QED) is 0.477. The molecule has 7 heteroatoms. The second-order valence-corrected chi connectivity index (χ2v) is 4.98. The number of para-hydroxylation sites is 1. The van der Waals surface area contributed by atoms with Gasteiger partial charge in [0.15, 0.2) is 6.61 Å². The molecule has 1 aromatic heterocycles. The lowest BCUT2D eigenvalue weighted by atomic mass is 10.2. The third-order valence-electron chi connectivity index (χ3n) is 2.64. The number of nitro groups is 1. The van der Waals surface area contributed by atoms with Crippen molar-refractivity contribution in [1.82, 2.24) is 4.57 Å². The van der Waals surface area contributed by atoms with Crippen LogP contribution in [0.25, 0.3) is 0 Å². The lowest BCUT2D eigenvalue weighted by Gasteiger charge is -2.07. The fraction of sp³-hybridized carbons (Fsp3) is 0.154. The Labute approximate surface area is 123 Å². The minimum atomic E-state index is -0.549. The number of nitro benzene ring substituents is 1. The van der Waals surface area contributed by atoms with Gasteiger partial charge in [-0.15, -0.1) is 0 Å². The zero-order chi connectivity index (χ0) is 14.7. The van der Waals surface area contributed by atoms with Crippen LogP contribution in [-0.4, -0.2) is 21.9 Å². The zero-order valence-corrected chi connectivity index (χ0v) is 12.2. The number of nitrogens with zero attached hydrogens (tertiary/aromatic N) is 2. The topological polar surface area (TPSA) is 74.4 Å². The zero-order valence-electron chi connectivity index (χ0n) is 10.6. The molecule has 1 heterocycles. The molecular formula is C13H11BrN2O4. The highest BCUT2D eigenvalue weighted by Crippen LogP contribution is 2.34. The fourth-order valence-electron chi connectivity index (χ4n) is 1.67. The molecule has 0 unspecified atom stereocenters. The molecule has 2 rings (SSSR count). The minimum absolute atomic E-state index is 0.0572. The molecule has 0 saturated heterocycles. The number of aromatic nitrogens is 1. The first kappa shape index (κ1) is 14.3. The van der Waals surface area contributed by atoms with Gasteiger partial charge in [0.2, 0.25) is 11.5 Å². The fourth-order valence-corrected chi connectivity index (χ4v) is 2.14. The molecule has 0 fully saturated rings. The molecule has 0 bridgehead atoms. The highest BCUT2D eigenvalue weighted by atomic mass is 79.9. The van der Waals surface area contributed by atoms with Crippen LogP contribution in [0.4, 0.5) is 5.69 Å². The summed E-state index contributed by atoms with van der Waals surface area (Å²) in [6.07, 6.45) is 3.41. The smallest absolute Gasteiger partial charge is 0.312 e. The number of Topliss-reactive ketones (excluding diaryl/α,β-unsaturated/α-hetero) is 1. The number of hydrogen-bond donors (Lipinski definition) is 0. The Hall–Kier alpha value is -2.15. The van der Waals surface area contributed by atoms with Gasteiger partial charge >= 0.3 is 5.69 Å². The molecule has 0 N–H and O–H groups in total. The van der Waals surface area contributed by atoms with Gasteiger partial charge in [0.05, 0.1) is 9.40 Å². The van der Waals surface area contributed by atoms with Crippen LogP contribution in [0.15, 0.2) is 41.1 Å². The van der Waals surface area contributed by atoms with E-state index in [1.807, 2.05) is 0 Å². The number of rotatable bonds is 5. The maximum Gasteiger partial charge on any atom is 0.312 e. The number of carbonyl (C=O) groups excluding carboxylic acids is 1. The lowest BCUT2D eigenvalue weighted by molar-refractivity contribution is -0.385. The predicted molar refractivity (Wildman–Crippen MR) is 76.0 cm³/mol. The average Bonchev–Trinajstić information content (AvgIpc) is 2.83. The molecule has 0 radical (unpaired) electrons. The SMILES string of the molecule is Cn1ccc(C(=O)COc2c(Br)cccc2[N+](=O)[O-])c1. The Kier molecular flexibility index (Phi) is 4.19. The summed E-state index contributed by atoms with van der Waals surface area (Å²) in [6.45, 7) is -0.256. The number of benzene rings is 1. The first-order valence-electron chi connectivity index (χ1n) is 5.70. The van der Waals surface area contributed by atoms with Gasteiger partial charge in [-0.3, -0.25) is 14.9 Å². The van der Waals surface area contributed by atoms with E-state index in [1.165, 1.54) is 12.1 Å². The van der Waals surface area contributed by atoms with Gasteiger partial charge in [0.1, 0.15) is 0 Å². The van der Waals surface area contributed by atoms with Gasteiger partial charge in [0.25, 0.3) is 0 Å². The van der Waals surface area contributed by atoms with E-state index in [-0.39, 0.29) is 23.8 Å². The maximum absolute atomic E-state index is 11.9. The minimum Gasteiger partial charge on any atom is -0.478 e. The standard InChI is InChI=1S/C13H11BrN2O4/c1-15-6-5-9(7-15)12(17)8-20-13-10(14)3-2-4-11(13)16(18)19/h2-7H,8H2,1H3. The largest absolute Gasteiger partial charge is 0.478 e. The van der Waals surface area contributed by atoms with E-state index in [4.69, 9.17) is 4.74 Å².